The normalized spacial score (nSPS) is 19.4. The summed E-state index contributed by atoms with van der Waals surface area (Å²) in [5.41, 5.74) is 2.68. The van der Waals surface area contributed by atoms with Crippen molar-refractivity contribution in [3.8, 4) is 5.75 Å². The largest absolute Gasteiger partial charge is 0.497 e. The molecule has 29 heavy (non-hydrogen) atoms. The molecule has 0 saturated carbocycles. The number of methoxy groups -OCH3 is 1. The van der Waals surface area contributed by atoms with Crippen LogP contribution in [0.3, 0.4) is 0 Å². The molecule has 0 unspecified atom stereocenters. The van der Waals surface area contributed by atoms with E-state index in [4.69, 9.17) is 4.74 Å². The molecule has 0 radical (unpaired) electrons. The van der Waals surface area contributed by atoms with Gasteiger partial charge in [0.25, 0.3) is 5.91 Å². The monoisotopic (exact) mass is 434 g/mol. The molecule has 0 saturated heterocycles. The van der Waals surface area contributed by atoms with Crippen LogP contribution in [-0.4, -0.2) is 61.2 Å². The minimum atomic E-state index is -1.13. The topological polar surface area (TPSA) is 53.0 Å². The number of aliphatic hydroxyl groups excluding tert-OH is 1. The molecule has 1 aliphatic heterocycles. The summed E-state index contributed by atoms with van der Waals surface area (Å²) in [7, 11) is 5.56. The molecule has 0 fully saturated rings. The molecule has 5 nitrogen and oxygen atoms in total. The van der Waals surface area contributed by atoms with Crippen molar-refractivity contribution in [1.82, 2.24) is 9.80 Å². The van der Waals surface area contributed by atoms with Crippen molar-refractivity contribution in [2.45, 2.75) is 11.4 Å². The lowest BCUT2D eigenvalue weighted by Gasteiger charge is -2.28. The van der Waals surface area contributed by atoms with Gasteiger partial charge in [0, 0.05) is 13.1 Å². The maximum absolute atomic E-state index is 13.2. The average molecular weight is 435 g/mol. The second-order valence-electron chi connectivity index (χ2n) is 6.94. The van der Waals surface area contributed by atoms with Gasteiger partial charge >= 0.3 is 0 Å². The Hall–Kier alpha value is -1.99. The minimum Gasteiger partial charge on any atom is -0.497 e. The van der Waals surface area contributed by atoms with Crippen molar-refractivity contribution in [2.24, 2.45) is 0 Å². The van der Waals surface area contributed by atoms with Crippen molar-refractivity contribution in [1.29, 1.82) is 0 Å². The number of carbonyl (C=O) groups excluding carboxylic acids is 1. The summed E-state index contributed by atoms with van der Waals surface area (Å²) in [6.07, 6.45) is -1.13. The lowest BCUT2D eigenvalue weighted by molar-refractivity contribution is -0.136. The highest BCUT2D eigenvalue weighted by molar-refractivity contribution is 8.02. The summed E-state index contributed by atoms with van der Waals surface area (Å²) in [6.45, 7) is 1.22. The molecule has 1 aliphatic rings. The van der Waals surface area contributed by atoms with E-state index in [1.165, 1.54) is 11.8 Å². The van der Waals surface area contributed by atoms with Gasteiger partial charge in [-0.15, -0.1) is 24.2 Å². The Morgan fingerprint density at radius 1 is 1.10 bits per heavy atom. The first-order valence-corrected chi connectivity index (χ1v) is 10.1. The van der Waals surface area contributed by atoms with Gasteiger partial charge in [-0.05, 0) is 42.8 Å². The van der Waals surface area contributed by atoms with Crippen LogP contribution in [0, 0.1) is 0 Å². The van der Waals surface area contributed by atoms with Crippen molar-refractivity contribution in [3.63, 3.8) is 0 Å². The van der Waals surface area contributed by atoms with E-state index in [9.17, 15) is 9.90 Å². The number of aliphatic hydroxyl groups is 1. The molecule has 3 rings (SSSR count). The predicted octanol–water partition coefficient (Wildman–Crippen LogP) is 3.65. The first kappa shape index (κ1) is 23.3. The summed E-state index contributed by atoms with van der Waals surface area (Å²) in [4.78, 5) is 17.0. The predicted molar refractivity (Wildman–Crippen MR) is 121 cm³/mol. The fraction of sp³-hybridized carbons (Fsp3) is 0.318. The Labute approximate surface area is 182 Å². The third-order valence-corrected chi connectivity index (χ3v) is 5.89. The molecule has 7 heteroatoms. The number of thioether (sulfide) groups is 1. The van der Waals surface area contributed by atoms with Gasteiger partial charge in [-0.25, -0.2) is 0 Å². The minimum absolute atomic E-state index is 0. The van der Waals surface area contributed by atoms with E-state index in [-0.39, 0.29) is 23.6 Å². The van der Waals surface area contributed by atoms with Crippen LogP contribution in [0.25, 0.3) is 5.70 Å². The summed E-state index contributed by atoms with van der Waals surface area (Å²) in [5.74, 6) is 0.471. The summed E-state index contributed by atoms with van der Waals surface area (Å²) < 4.78 is 5.21. The van der Waals surface area contributed by atoms with E-state index in [2.05, 4.69) is 0 Å². The van der Waals surface area contributed by atoms with Crippen LogP contribution in [0.5, 0.6) is 5.75 Å². The highest BCUT2D eigenvalue weighted by Crippen LogP contribution is 2.40. The molecule has 2 atom stereocenters. The van der Waals surface area contributed by atoms with Crippen molar-refractivity contribution in [3.05, 3.63) is 71.1 Å². The number of halogens is 1. The van der Waals surface area contributed by atoms with Crippen LogP contribution in [0.1, 0.15) is 16.4 Å². The third-order valence-electron chi connectivity index (χ3n) is 4.71. The van der Waals surface area contributed by atoms with Gasteiger partial charge in [0.05, 0.1) is 18.1 Å². The third kappa shape index (κ3) is 5.54. The molecular weight excluding hydrogens is 408 g/mol. The number of amides is 1. The van der Waals surface area contributed by atoms with Crippen LogP contribution in [0.4, 0.5) is 0 Å². The molecule has 0 bridgehead atoms. The van der Waals surface area contributed by atoms with Crippen LogP contribution < -0.4 is 4.74 Å². The van der Waals surface area contributed by atoms with Crippen molar-refractivity contribution in [2.75, 3.05) is 34.3 Å². The molecule has 1 N–H and O–H groups in total. The number of benzene rings is 2. The van der Waals surface area contributed by atoms with E-state index < -0.39 is 6.10 Å². The van der Waals surface area contributed by atoms with Gasteiger partial charge in [0.2, 0.25) is 0 Å². The Bertz CT molecular complexity index is 828. The van der Waals surface area contributed by atoms with Gasteiger partial charge in [0.15, 0.2) is 0 Å². The van der Waals surface area contributed by atoms with E-state index in [1.54, 1.807) is 12.0 Å². The fourth-order valence-electron chi connectivity index (χ4n) is 3.10. The average Bonchev–Trinajstić information content (AvgIpc) is 2.84. The van der Waals surface area contributed by atoms with E-state index in [1.807, 2.05) is 79.0 Å². The van der Waals surface area contributed by atoms with E-state index >= 15 is 0 Å². The van der Waals surface area contributed by atoms with Gasteiger partial charge in [-0.1, -0.05) is 42.5 Å². The van der Waals surface area contributed by atoms with Crippen LogP contribution in [0.15, 0.2) is 60.0 Å². The second-order valence-corrected chi connectivity index (χ2v) is 7.95. The number of nitrogens with zero attached hydrogens (tertiary/aromatic N) is 2. The first-order valence-electron chi connectivity index (χ1n) is 9.20. The quantitative estimate of drug-likeness (QED) is 0.752. The maximum atomic E-state index is 13.2. The number of hydrogen-bond acceptors (Lipinski definition) is 5. The molecular formula is C22H27ClN2O3S. The molecule has 2 aromatic carbocycles. The van der Waals surface area contributed by atoms with Crippen LogP contribution >= 0.6 is 24.2 Å². The highest BCUT2D eigenvalue weighted by atomic mass is 35.5. The van der Waals surface area contributed by atoms with Gasteiger partial charge in [-0.2, -0.15) is 0 Å². The Morgan fingerprint density at radius 3 is 2.34 bits per heavy atom. The molecule has 0 aliphatic carbocycles. The number of rotatable bonds is 6. The zero-order chi connectivity index (χ0) is 20.1. The lowest BCUT2D eigenvalue weighted by atomic mass is 10.0. The highest BCUT2D eigenvalue weighted by Gasteiger charge is 2.35. The zero-order valence-corrected chi connectivity index (χ0v) is 18.5. The van der Waals surface area contributed by atoms with Crippen LogP contribution in [0.2, 0.25) is 0 Å². The van der Waals surface area contributed by atoms with Gasteiger partial charge in [0.1, 0.15) is 11.9 Å². The van der Waals surface area contributed by atoms with E-state index in [0.717, 1.165) is 22.6 Å². The Balaban J connectivity index is 0.00000300. The summed E-state index contributed by atoms with van der Waals surface area (Å²) in [6, 6.07) is 17.3. The van der Waals surface area contributed by atoms with Crippen molar-refractivity contribution >= 4 is 35.8 Å². The molecule has 0 aromatic heterocycles. The summed E-state index contributed by atoms with van der Waals surface area (Å²) >= 11 is 1.47. The standard InChI is InChI=1S/C22H26N2O3S.ClH/c1-23(2)13-14-24-19(16-7-5-4-6-8-16)15-28-21(20(25)22(24)26)17-9-11-18(27-3)12-10-17;/h4-12,15,20-21,25H,13-14H2,1-3H3;1H/t20-,21+;/m0./s1. The second kappa shape index (κ2) is 10.7. The maximum Gasteiger partial charge on any atom is 0.257 e. The molecule has 156 valence electrons. The molecule has 1 amide bonds. The zero-order valence-electron chi connectivity index (χ0n) is 16.8. The van der Waals surface area contributed by atoms with Gasteiger partial charge in [-0.3, -0.25) is 4.79 Å². The molecule has 2 aromatic rings. The number of ether oxygens (including phenoxy) is 1. The van der Waals surface area contributed by atoms with Crippen molar-refractivity contribution < 1.29 is 14.6 Å². The Morgan fingerprint density at radius 2 is 1.76 bits per heavy atom. The van der Waals surface area contributed by atoms with E-state index in [0.29, 0.717) is 13.1 Å². The SMILES string of the molecule is COc1ccc([C@H]2SC=C(c3ccccc3)N(CCN(C)C)C(=O)[C@H]2O)cc1.Cl. The summed E-state index contributed by atoms with van der Waals surface area (Å²) in [5, 5.41) is 12.5. The fourth-order valence-corrected chi connectivity index (χ4v) is 4.22. The first-order chi connectivity index (χ1) is 13.5. The molecule has 1 heterocycles. The Kier molecular flexibility index (Phi) is 8.59. The number of hydrogen-bond donors (Lipinski definition) is 1. The lowest BCUT2D eigenvalue weighted by Crippen LogP contribution is -2.42. The smallest absolute Gasteiger partial charge is 0.257 e. The molecule has 0 spiro atoms. The number of carbonyl (C=O) groups is 1. The number of likely N-dealkylation sites (N-methyl/N-ethyl adjacent to an activating group) is 1. The van der Waals surface area contributed by atoms with Crippen LogP contribution in [-0.2, 0) is 4.79 Å². The van der Waals surface area contributed by atoms with Gasteiger partial charge < -0.3 is 19.6 Å².